The zero-order valence-corrected chi connectivity index (χ0v) is 17.2. The monoisotopic (exact) mass is 394 g/mol. The molecule has 0 N–H and O–H groups in total. The van der Waals surface area contributed by atoms with Crippen LogP contribution in [0.25, 0.3) is 0 Å². The van der Waals surface area contributed by atoms with Gasteiger partial charge in [0.05, 0.1) is 24.4 Å². The molecule has 0 fully saturated rings. The summed E-state index contributed by atoms with van der Waals surface area (Å²) in [7, 11) is -8.55. The van der Waals surface area contributed by atoms with Gasteiger partial charge in [-0.15, -0.1) is 0 Å². The Balaban J connectivity index is 5.10. The predicted molar refractivity (Wildman–Crippen MR) is 87.2 cm³/mol. The molecule has 0 heterocycles. The van der Waals surface area contributed by atoms with Gasteiger partial charge in [-0.3, -0.25) is 18.1 Å². The van der Waals surface area contributed by atoms with Gasteiger partial charge in [-0.05, 0) is 55.4 Å². The molecule has 0 aromatic carbocycles. The Bertz CT molecular complexity index is 387. The first-order valence-corrected chi connectivity index (χ1v) is 10.6. The Morgan fingerprint density at radius 3 is 0.917 bits per heavy atom. The molecule has 0 atom stereocenters. The lowest BCUT2D eigenvalue weighted by atomic mass is 10.5. The first-order chi connectivity index (χ1) is 10.8. The lowest BCUT2D eigenvalue weighted by Gasteiger charge is -2.26. The van der Waals surface area contributed by atoms with Crippen LogP contribution in [0.15, 0.2) is 0 Å². The van der Waals surface area contributed by atoms with E-state index in [-0.39, 0.29) is 0 Å². The summed E-state index contributed by atoms with van der Waals surface area (Å²) in [6.07, 6.45) is -2.25. The molecule has 0 aromatic heterocycles. The van der Waals surface area contributed by atoms with Gasteiger partial charge in [0.25, 0.3) is 0 Å². The van der Waals surface area contributed by atoms with Gasteiger partial charge >= 0.3 is 22.2 Å². The van der Waals surface area contributed by atoms with Gasteiger partial charge in [0.15, 0.2) is 0 Å². The molecule has 0 saturated heterocycles. The smallest absolute Gasteiger partial charge is 0.284 e. The number of halogens is 1. The van der Waals surface area contributed by atoms with Crippen molar-refractivity contribution in [1.29, 1.82) is 0 Å². The Hall–Kier alpha value is 0.150. The second-order valence-corrected chi connectivity index (χ2v) is 9.05. The summed E-state index contributed by atoms with van der Waals surface area (Å²) < 4.78 is 68.2. The van der Waals surface area contributed by atoms with Gasteiger partial charge in [-0.25, -0.2) is 18.2 Å². The normalized spacial score (nSPS) is 13.9. The zero-order chi connectivity index (χ0) is 19.1. The minimum atomic E-state index is -4.27. The maximum absolute atomic E-state index is 14.1. The van der Waals surface area contributed by atoms with Crippen LogP contribution in [-0.2, 0) is 36.3 Å². The third-order valence-corrected chi connectivity index (χ3v) is 5.35. The molecule has 146 valence electrons. The van der Waals surface area contributed by atoms with E-state index in [4.69, 9.17) is 18.1 Å². The van der Waals surface area contributed by atoms with Crippen LogP contribution in [0.2, 0.25) is 0 Å². The highest BCUT2D eigenvalue weighted by molar-refractivity contribution is 7.49. The highest BCUT2D eigenvalue weighted by atomic mass is 31.2. The van der Waals surface area contributed by atoms with E-state index in [1.54, 1.807) is 55.4 Å². The highest BCUT2D eigenvalue weighted by Gasteiger charge is 2.40. The van der Waals surface area contributed by atoms with Crippen molar-refractivity contribution in [2.45, 2.75) is 86.3 Å². The summed E-state index contributed by atoms with van der Waals surface area (Å²) in [5, 5.41) is 0. The van der Waals surface area contributed by atoms with Crippen molar-refractivity contribution in [3.05, 3.63) is 0 Å². The third-order valence-electron chi connectivity index (χ3n) is 1.78. The Labute approximate surface area is 143 Å². The quantitative estimate of drug-likeness (QED) is 0.330. The van der Waals surface area contributed by atoms with Gasteiger partial charge in [0.1, 0.15) is 0 Å². The Morgan fingerprint density at radius 1 is 0.542 bits per heavy atom. The van der Waals surface area contributed by atoms with Crippen LogP contribution < -0.4 is 0 Å². The molecular formula is C13H29FO8P2. The van der Waals surface area contributed by atoms with E-state index in [2.05, 4.69) is 9.05 Å². The van der Waals surface area contributed by atoms with Crippen LogP contribution in [0.3, 0.4) is 0 Å². The van der Waals surface area contributed by atoms with Crippen LogP contribution in [0.4, 0.5) is 4.39 Å². The van der Waals surface area contributed by atoms with Crippen molar-refractivity contribution in [3.8, 4) is 0 Å². The fourth-order valence-corrected chi connectivity index (χ4v) is 4.33. The standard InChI is InChI=1S/C13H29FO8P2/c1-9(2)17-23(15,18-10(3)4)21-13(14)22-24(16,19-11(5)6)20-12(7)8/h9-13H,1-8H3. The lowest BCUT2D eigenvalue weighted by Crippen LogP contribution is -2.18. The topological polar surface area (TPSA) is 89.5 Å². The van der Waals surface area contributed by atoms with E-state index in [1.165, 1.54) is 0 Å². The summed E-state index contributed by atoms with van der Waals surface area (Å²) in [5.74, 6) is 0. The third kappa shape index (κ3) is 10.9. The zero-order valence-electron chi connectivity index (χ0n) is 15.4. The molecule has 0 aliphatic carbocycles. The summed E-state index contributed by atoms with van der Waals surface area (Å²) in [4.78, 5) is 0. The second-order valence-electron chi connectivity index (χ2n) is 6.00. The maximum atomic E-state index is 14.1. The van der Waals surface area contributed by atoms with E-state index in [9.17, 15) is 13.5 Å². The molecule has 0 aliphatic heterocycles. The summed E-state index contributed by atoms with van der Waals surface area (Å²) in [6, 6.07) is 0. The van der Waals surface area contributed by atoms with Crippen molar-refractivity contribution < 1.29 is 40.7 Å². The average Bonchev–Trinajstić information content (AvgIpc) is 2.20. The molecule has 0 radical (unpaired) electrons. The van der Waals surface area contributed by atoms with Crippen LogP contribution in [0, 0.1) is 0 Å². The average molecular weight is 394 g/mol. The maximum Gasteiger partial charge on any atom is 0.479 e. The minimum Gasteiger partial charge on any atom is -0.284 e. The largest absolute Gasteiger partial charge is 0.479 e. The van der Waals surface area contributed by atoms with E-state index in [0.29, 0.717) is 0 Å². The van der Waals surface area contributed by atoms with Crippen LogP contribution in [0.1, 0.15) is 55.4 Å². The SMILES string of the molecule is CC(C)OP(=O)(OC(C)C)OC(F)OP(=O)(OC(C)C)OC(C)C. The van der Waals surface area contributed by atoms with E-state index in [1.807, 2.05) is 0 Å². The fraction of sp³-hybridized carbons (Fsp3) is 1.00. The molecule has 0 amide bonds. The molecule has 0 unspecified atom stereocenters. The van der Waals surface area contributed by atoms with Crippen molar-refractivity contribution in [3.63, 3.8) is 0 Å². The number of hydrogen-bond acceptors (Lipinski definition) is 8. The summed E-state index contributed by atoms with van der Waals surface area (Å²) >= 11 is 0. The van der Waals surface area contributed by atoms with Gasteiger partial charge in [-0.2, -0.15) is 4.39 Å². The molecule has 8 nitrogen and oxygen atoms in total. The van der Waals surface area contributed by atoms with Crippen molar-refractivity contribution >= 4 is 15.6 Å². The first kappa shape index (κ1) is 24.1. The van der Waals surface area contributed by atoms with Crippen molar-refractivity contribution in [1.82, 2.24) is 0 Å². The molecule has 0 aliphatic rings. The second kappa shape index (κ2) is 10.3. The molecule has 24 heavy (non-hydrogen) atoms. The van der Waals surface area contributed by atoms with Crippen LogP contribution in [0.5, 0.6) is 0 Å². The number of rotatable bonds is 12. The molecular weight excluding hydrogens is 365 g/mol. The van der Waals surface area contributed by atoms with Crippen LogP contribution >= 0.6 is 15.6 Å². The number of alkyl halides is 1. The number of hydrogen-bond donors (Lipinski definition) is 0. The number of phosphoric acid groups is 2. The van der Waals surface area contributed by atoms with E-state index in [0.717, 1.165) is 0 Å². The van der Waals surface area contributed by atoms with Crippen LogP contribution in [-0.4, -0.2) is 31.0 Å². The highest BCUT2D eigenvalue weighted by Crippen LogP contribution is 2.57. The molecule has 0 spiro atoms. The van der Waals surface area contributed by atoms with Gasteiger partial charge in [0, 0.05) is 0 Å². The van der Waals surface area contributed by atoms with E-state index < -0.39 is 46.6 Å². The summed E-state index contributed by atoms with van der Waals surface area (Å²) in [6.45, 7) is 9.88. The molecule has 11 heteroatoms. The Morgan fingerprint density at radius 2 is 0.750 bits per heavy atom. The van der Waals surface area contributed by atoms with Crippen molar-refractivity contribution in [2.75, 3.05) is 0 Å². The van der Waals surface area contributed by atoms with Crippen molar-refractivity contribution in [2.24, 2.45) is 0 Å². The predicted octanol–water partition coefficient (Wildman–Crippen LogP) is 5.19. The molecule has 0 saturated carbocycles. The van der Waals surface area contributed by atoms with Gasteiger partial charge in [0.2, 0.25) is 0 Å². The Kier molecular flexibility index (Phi) is 10.4. The molecule has 0 aromatic rings. The number of phosphoric ester groups is 2. The van der Waals surface area contributed by atoms with Gasteiger partial charge < -0.3 is 0 Å². The lowest BCUT2D eigenvalue weighted by molar-refractivity contribution is -0.139. The minimum absolute atomic E-state index is 0.563. The van der Waals surface area contributed by atoms with E-state index >= 15 is 0 Å². The summed E-state index contributed by atoms with van der Waals surface area (Å²) in [5.41, 5.74) is 0. The molecule has 0 bridgehead atoms. The molecule has 0 rings (SSSR count). The van der Waals surface area contributed by atoms with Gasteiger partial charge in [-0.1, -0.05) is 0 Å². The first-order valence-electron chi connectivity index (χ1n) is 7.71. The fourth-order valence-electron chi connectivity index (χ4n) is 1.40.